The number of piperidine rings is 1. The van der Waals surface area contributed by atoms with Crippen molar-refractivity contribution in [2.75, 3.05) is 32.1 Å². The Morgan fingerprint density at radius 1 is 1.32 bits per heavy atom. The fourth-order valence-electron chi connectivity index (χ4n) is 2.29. The lowest BCUT2D eigenvalue weighted by Crippen LogP contribution is -2.43. The molecule has 0 spiro atoms. The number of nitrogens with zero attached hydrogens (tertiary/aromatic N) is 2. The Hall–Kier alpha value is -1.22. The summed E-state index contributed by atoms with van der Waals surface area (Å²) < 4.78 is 0. The summed E-state index contributed by atoms with van der Waals surface area (Å²) >= 11 is 6.26. The smallest absolute Gasteiger partial charge is 0.253 e. The molecule has 2 atom stereocenters. The van der Waals surface area contributed by atoms with Crippen LogP contribution in [0.5, 0.6) is 0 Å². The van der Waals surface area contributed by atoms with Crippen LogP contribution in [0.25, 0.3) is 0 Å². The molecule has 1 aliphatic heterocycles. The minimum absolute atomic E-state index is 0.0683. The lowest BCUT2D eigenvalue weighted by atomic mass is 9.98. The molecule has 4 heteroatoms. The predicted octanol–water partition coefficient (Wildman–Crippen LogP) is 2.84. The van der Waals surface area contributed by atoms with Gasteiger partial charge in [-0.1, -0.05) is 6.92 Å². The highest BCUT2D eigenvalue weighted by Crippen LogP contribution is 2.23. The number of carbonyl (C=O) groups is 1. The van der Waals surface area contributed by atoms with E-state index in [0.717, 1.165) is 24.2 Å². The first-order valence-corrected chi connectivity index (χ1v) is 7.13. The maximum atomic E-state index is 12.4. The van der Waals surface area contributed by atoms with Gasteiger partial charge in [-0.05, 0) is 36.6 Å². The Morgan fingerprint density at radius 3 is 2.47 bits per heavy atom. The number of hydrogen-bond donors (Lipinski definition) is 0. The van der Waals surface area contributed by atoms with Crippen LogP contribution in [0.15, 0.2) is 24.3 Å². The third kappa shape index (κ3) is 3.21. The van der Waals surface area contributed by atoms with Crippen LogP contribution in [0, 0.1) is 5.92 Å². The van der Waals surface area contributed by atoms with Crippen molar-refractivity contribution in [2.45, 2.75) is 18.7 Å². The summed E-state index contributed by atoms with van der Waals surface area (Å²) in [5, 5.41) is 0.0683. The van der Waals surface area contributed by atoms with Crippen LogP contribution in [-0.4, -0.2) is 43.4 Å². The second-order valence-corrected chi connectivity index (χ2v) is 6.04. The normalized spacial score (nSPS) is 23.3. The van der Waals surface area contributed by atoms with Crippen LogP contribution in [-0.2, 0) is 0 Å². The van der Waals surface area contributed by atoms with Crippen molar-refractivity contribution in [3.63, 3.8) is 0 Å². The van der Waals surface area contributed by atoms with Gasteiger partial charge in [0.05, 0.1) is 5.38 Å². The van der Waals surface area contributed by atoms with Gasteiger partial charge in [0, 0.05) is 38.4 Å². The second kappa shape index (κ2) is 5.83. The van der Waals surface area contributed by atoms with Crippen LogP contribution < -0.4 is 4.90 Å². The number of rotatable bonds is 2. The Kier molecular flexibility index (Phi) is 4.35. The summed E-state index contributed by atoms with van der Waals surface area (Å²) in [6.45, 7) is 3.60. The third-order valence-electron chi connectivity index (χ3n) is 3.78. The monoisotopic (exact) mass is 280 g/mol. The van der Waals surface area contributed by atoms with Crippen molar-refractivity contribution in [3.8, 4) is 0 Å². The summed E-state index contributed by atoms with van der Waals surface area (Å²) in [5.41, 5.74) is 1.84. The van der Waals surface area contributed by atoms with Crippen molar-refractivity contribution < 1.29 is 4.79 Å². The molecule has 3 nitrogen and oxygen atoms in total. The first-order valence-electron chi connectivity index (χ1n) is 6.69. The van der Waals surface area contributed by atoms with Crippen molar-refractivity contribution in [2.24, 2.45) is 5.92 Å². The maximum absolute atomic E-state index is 12.4. The van der Waals surface area contributed by atoms with Crippen LogP contribution in [0.4, 0.5) is 5.69 Å². The molecule has 104 valence electrons. The van der Waals surface area contributed by atoms with Crippen molar-refractivity contribution in [3.05, 3.63) is 29.8 Å². The van der Waals surface area contributed by atoms with Gasteiger partial charge >= 0.3 is 0 Å². The molecule has 2 unspecified atom stereocenters. The first kappa shape index (κ1) is 14.2. The minimum Gasteiger partial charge on any atom is -0.378 e. The summed E-state index contributed by atoms with van der Waals surface area (Å²) in [7, 11) is 3.97. The lowest BCUT2D eigenvalue weighted by Gasteiger charge is -2.34. The molecule has 1 saturated heterocycles. The van der Waals surface area contributed by atoms with Gasteiger partial charge in [-0.3, -0.25) is 4.79 Å². The van der Waals surface area contributed by atoms with Crippen LogP contribution in [0.3, 0.4) is 0 Å². The number of benzene rings is 1. The van der Waals surface area contributed by atoms with Crippen LogP contribution in [0.2, 0.25) is 0 Å². The van der Waals surface area contributed by atoms with E-state index in [-0.39, 0.29) is 11.3 Å². The van der Waals surface area contributed by atoms with Gasteiger partial charge in [0.1, 0.15) is 0 Å². The molecular formula is C15H21ClN2O. The maximum Gasteiger partial charge on any atom is 0.253 e. The van der Waals surface area contributed by atoms with Crippen molar-refractivity contribution in [1.29, 1.82) is 0 Å². The fraction of sp³-hybridized carbons (Fsp3) is 0.533. The number of anilines is 1. The van der Waals surface area contributed by atoms with E-state index in [1.165, 1.54) is 0 Å². The molecule has 0 N–H and O–H groups in total. The lowest BCUT2D eigenvalue weighted by molar-refractivity contribution is 0.0701. The van der Waals surface area contributed by atoms with E-state index in [1.807, 2.05) is 48.2 Å². The third-order valence-corrected chi connectivity index (χ3v) is 4.35. The zero-order valence-corrected chi connectivity index (χ0v) is 12.5. The van der Waals surface area contributed by atoms with E-state index in [4.69, 9.17) is 11.6 Å². The van der Waals surface area contributed by atoms with Gasteiger partial charge in [-0.2, -0.15) is 0 Å². The topological polar surface area (TPSA) is 23.6 Å². The van der Waals surface area contributed by atoms with Gasteiger partial charge in [-0.15, -0.1) is 11.6 Å². The summed E-state index contributed by atoms with van der Waals surface area (Å²) in [6.07, 6.45) is 0.982. The number of likely N-dealkylation sites (tertiary alicyclic amines) is 1. The minimum atomic E-state index is 0.0683. The summed E-state index contributed by atoms with van der Waals surface area (Å²) in [6, 6.07) is 7.72. The summed E-state index contributed by atoms with van der Waals surface area (Å²) in [4.78, 5) is 16.3. The quantitative estimate of drug-likeness (QED) is 0.778. The zero-order valence-electron chi connectivity index (χ0n) is 11.8. The highest BCUT2D eigenvalue weighted by atomic mass is 35.5. The van der Waals surface area contributed by atoms with Crippen molar-refractivity contribution >= 4 is 23.2 Å². The molecular weight excluding hydrogens is 260 g/mol. The van der Waals surface area contributed by atoms with Crippen LogP contribution >= 0.6 is 11.6 Å². The highest BCUT2D eigenvalue weighted by molar-refractivity contribution is 6.21. The number of carbonyl (C=O) groups excluding carboxylic acids is 1. The molecule has 2 rings (SSSR count). The van der Waals surface area contributed by atoms with Gasteiger partial charge in [0.25, 0.3) is 5.91 Å². The predicted molar refractivity (Wildman–Crippen MR) is 80.1 cm³/mol. The Morgan fingerprint density at radius 2 is 1.95 bits per heavy atom. The van der Waals surface area contributed by atoms with Gasteiger partial charge in [0.15, 0.2) is 0 Å². The largest absolute Gasteiger partial charge is 0.378 e. The molecule has 0 saturated carbocycles. The Bertz CT molecular complexity index is 444. The number of amides is 1. The molecule has 1 aliphatic rings. The number of alkyl halides is 1. The van der Waals surface area contributed by atoms with E-state index in [9.17, 15) is 4.79 Å². The van der Waals surface area contributed by atoms with E-state index in [1.54, 1.807) is 0 Å². The molecule has 0 aliphatic carbocycles. The molecule has 0 bridgehead atoms. The first-order chi connectivity index (χ1) is 8.99. The molecule has 1 heterocycles. The molecule has 19 heavy (non-hydrogen) atoms. The molecule has 1 amide bonds. The Balaban J connectivity index is 2.07. The van der Waals surface area contributed by atoms with E-state index >= 15 is 0 Å². The van der Waals surface area contributed by atoms with E-state index in [2.05, 4.69) is 6.92 Å². The molecule has 0 aromatic heterocycles. The van der Waals surface area contributed by atoms with Gasteiger partial charge in [0.2, 0.25) is 0 Å². The second-order valence-electron chi connectivity index (χ2n) is 5.47. The van der Waals surface area contributed by atoms with E-state index in [0.29, 0.717) is 12.5 Å². The van der Waals surface area contributed by atoms with E-state index < -0.39 is 0 Å². The highest BCUT2D eigenvalue weighted by Gasteiger charge is 2.27. The zero-order chi connectivity index (χ0) is 14.0. The van der Waals surface area contributed by atoms with Crippen LogP contribution in [0.1, 0.15) is 23.7 Å². The number of halogens is 1. The van der Waals surface area contributed by atoms with Gasteiger partial charge in [-0.25, -0.2) is 0 Å². The molecule has 0 radical (unpaired) electrons. The molecule has 1 fully saturated rings. The average molecular weight is 281 g/mol. The Labute approximate surface area is 120 Å². The fourth-order valence-corrected chi connectivity index (χ4v) is 2.58. The summed E-state index contributed by atoms with van der Waals surface area (Å²) in [5.74, 6) is 0.574. The number of hydrogen-bond acceptors (Lipinski definition) is 2. The average Bonchev–Trinajstić information content (AvgIpc) is 2.41. The standard InChI is InChI=1S/C15H21ClN2O/c1-11-8-9-18(10-14(11)16)15(19)12-4-6-13(7-5-12)17(2)3/h4-7,11,14H,8-10H2,1-3H3. The van der Waals surface area contributed by atoms with Gasteiger partial charge < -0.3 is 9.80 Å². The molecule has 1 aromatic carbocycles. The SMILES string of the molecule is CC1CCN(C(=O)c2ccc(N(C)C)cc2)CC1Cl. The van der Waals surface area contributed by atoms with Crippen molar-refractivity contribution in [1.82, 2.24) is 4.90 Å². The molecule has 1 aromatic rings.